The molecule has 0 amide bonds. The molecule has 32 heavy (non-hydrogen) atoms. The summed E-state index contributed by atoms with van der Waals surface area (Å²) in [5.74, 6) is 2.80. The second-order valence-corrected chi connectivity index (χ2v) is 8.45. The maximum absolute atomic E-state index is 9.76. The fourth-order valence-electron chi connectivity index (χ4n) is 4.81. The summed E-state index contributed by atoms with van der Waals surface area (Å²) in [6.45, 7) is 7.02. The molecule has 7 nitrogen and oxygen atoms in total. The molecule has 4 aromatic rings. The fraction of sp³-hybridized carbons (Fsp3) is 0.280. The highest BCUT2D eigenvalue weighted by atomic mass is 16.7. The van der Waals surface area contributed by atoms with Crippen LogP contribution in [0.25, 0.3) is 16.7 Å². The Morgan fingerprint density at radius 2 is 1.84 bits per heavy atom. The van der Waals surface area contributed by atoms with Gasteiger partial charge in [-0.05, 0) is 42.3 Å². The van der Waals surface area contributed by atoms with Crippen molar-refractivity contribution in [1.29, 1.82) is 5.26 Å². The number of piperazine rings is 1. The zero-order valence-electron chi connectivity index (χ0n) is 18.0. The van der Waals surface area contributed by atoms with Crippen molar-refractivity contribution >= 4 is 22.5 Å². The molecule has 2 aromatic carbocycles. The molecule has 1 fully saturated rings. The molecule has 2 aliphatic heterocycles. The van der Waals surface area contributed by atoms with Crippen LogP contribution in [-0.4, -0.2) is 42.9 Å². The largest absolute Gasteiger partial charge is 0.454 e. The number of nitrogens with one attached hydrogen (secondary N) is 1. The molecule has 0 saturated carbocycles. The maximum atomic E-state index is 9.76. The van der Waals surface area contributed by atoms with E-state index in [-0.39, 0.29) is 0 Å². The van der Waals surface area contributed by atoms with Crippen molar-refractivity contribution in [2.24, 2.45) is 0 Å². The van der Waals surface area contributed by atoms with Crippen molar-refractivity contribution in [3.05, 3.63) is 65.2 Å². The molecule has 4 heterocycles. The molecular formula is C25H24N5O2+. The van der Waals surface area contributed by atoms with Crippen molar-refractivity contribution < 1.29 is 13.9 Å². The van der Waals surface area contributed by atoms with Crippen molar-refractivity contribution in [2.75, 3.05) is 37.9 Å². The van der Waals surface area contributed by atoms with Crippen LogP contribution in [0.3, 0.4) is 0 Å². The van der Waals surface area contributed by atoms with Gasteiger partial charge in [0, 0.05) is 25.7 Å². The van der Waals surface area contributed by atoms with Crippen molar-refractivity contribution in [3.63, 3.8) is 0 Å². The molecular weight excluding hydrogens is 402 g/mol. The van der Waals surface area contributed by atoms with Crippen LogP contribution in [0.1, 0.15) is 16.7 Å². The van der Waals surface area contributed by atoms with Crippen LogP contribution in [-0.2, 0) is 6.54 Å². The summed E-state index contributed by atoms with van der Waals surface area (Å²) < 4.78 is 13.2. The number of para-hydroxylation sites is 2. The lowest BCUT2D eigenvalue weighted by Gasteiger charge is -2.33. The van der Waals surface area contributed by atoms with Gasteiger partial charge in [-0.25, -0.2) is 0 Å². The maximum Gasteiger partial charge on any atom is 0.250 e. The summed E-state index contributed by atoms with van der Waals surface area (Å²) in [6, 6.07) is 19.0. The summed E-state index contributed by atoms with van der Waals surface area (Å²) in [4.78, 5) is 8.36. The van der Waals surface area contributed by atoms with Crippen LogP contribution in [0.4, 0.5) is 5.82 Å². The minimum Gasteiger partial charge on any atom is -0.454 e. The number of aryl methyl sites for hydroxylation is 1. The number of hydrogen-bond acceptors (Lipinski definition) is 5. The number of benzene rings is 2. The molecule has 0 aliphatic carbocycles. The van der Waals surface area contributed by atoms with Gasteiger partial charge in [0.05, 0.1) is 13.1 Å². The fourth-order valence-corrected chi connectivity index (χ4v) is 4.81. The van der Waals surface area contributed by atoms with Gasteiger partial charge >= 0.3 is 0 Å². The topological polar surface area (TPSA) is 68.6 Å². The van der Waals surface area contributed by atoms with E-state index in [9.17, 15) is 5.26 Å². The summed E-state index contributed by atoms with van der Waals surface area (Å²) >= 11 is 0. The molecule has 2 aromatic heterocycles. The Labute approximate surface area is 186 Å². The Hall–Kier alpha value is -3.76. The van der Waals surface area contributed by atoms with Gasteiger partial charge < -0.3 is 9.47 Å². The first-order valence-corrected chi connectivity index (χ1v) is 10.9. The average Bonchev–Trinajstić information content (AvgIpc) is 3.43. The van der Waals surface area contributed by atoms with E-state index in [4.69, 9.17) is 9.47 Å². The molecule has 1 saturated heterocycles. The molecule has 0 bridgehead atoms. The van der Waals surface area contributed by atoms with Gasteiger partial charge in [0.25, 0.3) is 0 Å². The van der Waals surface area contributed by atoms with Crippen molar-refractivity contribution in [1.82, 2.24) is 9.88 Å². The summed E-state index contributed by atoms with van der Waals surface area (Å²) in [6.07, 6.45) is 0. The number of pyridine rings is 1. The van der Waals surface area contributed by atoms with Crippen LogP contribution in [0.2, 0.25) is 0 Å². The Bertz CT molecular complexity index is 1380. The molecule has 0 unspecified atom stereocenters. The van der Waals surface area contributed by atoms with Crippen LogP contribution in [0, 0.1) is 18.3 Å². The molecule has 7 heteroatoms. The van der Waals surface area contributed by atoms with E-state index in [1.165, 1.54) is 5.56 Å². The van der Waals surface area contributed by atoms with E-state index < -0.39 is 0 Å². The first-order valence-electron chi connectivity index (χ1n) is 10.9. The lowest BCUT2D eigenvalue weighted by atomic mass is 10.1. The number of nitriles is 1. The lowest BCUT2D eigenvalue weighted by molar-refractivity contribution is -0.467. The molecule has 0 radical (unpaired) electrons. The predicted molar refractivity (Wildman–Crippen MR) is 121 cm³/mol. The first kappa shape index (κ1) is 19.0. The van der Waals surface area contributed by atoms with E-state index in [0.717, 1.165) is 72.3 Å². The molecule has 6 rings (SSSR count). The number of anilines is 1. The van der Waals surface area contributed by atoms with Crippen LogP contribution in [0.15, 0.2) is 48.5 Å². The normalized spacial score (nSPS) is 16.1. The van der Waals surface area contributed by atoms with Gasteiger partial charge in [-0.1, -0.05) is 18.2 Å². The number of hydrogen-bond donors (Lipinski definition) is 1. The number of H-pyrrole nitrogens is 1. The molecule has 1 N–H and O–H groups in total. The number of ether oxygens (including phenoxy) is 2. The average molecular weight is 427 g/mol. The van der Waals surface area contributed by atoms with Crippen LogP contribution in [0.5, 0.6) is 11.5 Å². The van der Waals surface area contributed by atoms with Gasteiger partial charge in [-0.2, -0.15) is 9.66 Å². The zero-order valence-corrected chi connectivity index (χ0v) is 18.0. The summed E-state index contributed by atoms with van der Waals surface area (Å²) in [7, 11) is 0. The van der Waals surface area contributed by atoms with E-state index in [0.29, 0.717) is 12.4 Å². The zero-order chi connectivity index (χ0) is 21.7. The standard InChI is InChI=1S/C25H23N5O2/c1-17-12-24(30-21-5-3-2-4-20(21)27-25(30)19(17)14-26)29-10-8-28(9-11-29)15-18-6-7-22-23(13-18)32-16-31-22/h2-7,12-13H,8-11,15-16H2,1H3/p+1. The van der Waals surface area contributed by atoms with Gasteiger partial charge in [-0.15, -0.1) is 0 Å². The van der Waals surface area contributed by atoms with Gasteiger partial charge in [0.2, 0.25) is 18.3 Å². The Morgan fingerprint density at radius 1 is 1.03 bits per heavy atom. The number of fused-ring (bicyclic) bond motifs is 4. The first-order chi connectivity index (χ1) is 15.7. The summed E-state index contributed by atoms with van der Waals surface area (Å²) in [5.41, 5.74) is 5.94. The molecule has 0 spiro atoms. The monoisotopic (exact) mass is 426 g/mol. The quantitative estimate of drug-likeness (QED) is 0.510. The number of aromatic amines is 1. The highest BCUT2D eigenvalue weighted by Crippen LogP contribution is 2.33. The highest BCUT2D eigenvalue weighted by Gasteiger charge is 2.28. The number of nitrogens with zero attached hydrogens (tertiary/aromatic N) is 4. The Balaban J connectivity index is 1.28. The molecule has 160 valence electrons. The van der Waals surface area contributed by atoms with E-state index in [1.807, 2.05) is 25.1 Å². The van der Waals surface area contributed by atoms with E-state index in [1.54, 1.807) is 0 Å². The lowest BCUT2D eigenvalue weighted by Crippen LogP contribution is -2.49. The minimum atomic E-state index is 0.307. The smallest absolute Gasteiger partial charge is 0.250 e. The van der Waals surface area contributed by atoms with Crippen molar-refractivity contribution in [3.8, 4) is 17.6 Å². The number of aromatic nitrogens is 2. The third-order valence-corrected chi connectivity index (χ3v) is 6.48. The second-order valence-electron chi connectivity index (χ2n) is 8.45. The van der Waals surface area contributed by atoms with Gasteiger partial charge in [0.1, 0.15) is 22.7 Å². The van der Waals surface area contributed by atoms with Crippen molar-refractivity contribution in [2.45, 2.75) is 13.5 Å². The van der Waals surface area contributed by atoms with E-state index in [2.05, 4.69) is 55.6 Å². The SMILES string of the molecule is Cc1cc(N2CCN(Cc3ccc4c(c3)OCO4)CC2)[n+]2c([nH]c3ccccc32)c1C#N. The van der Waals surface area contributed by atoms with Gasteiger partial charge in [-0.3, -0.25) is 14.8 Å². The second kappa shape index (κ2) is 7.43. The molecule has 0 atom stereocenters. The van der Waals surface area contributed by atoms with Crippen LogP contribution < -0.4 is 18.8 Å². The third kappa shape index (κ3) is 3.03. The minimum absolute atomic E-state index is 0.307. The summed E-state index contributed by atoms with van der Waals surface area (Å²) in [5, 5.41) is 9.76. The Kier molecular flexibility index (Phi) is 4.40. The number of imidazole rings is 1. The molecule has 2 aliphatic rings. The van der Waals surface area contributed by atoms with Gasteiger partial charge in [0.15, 0.2) is 11.5 Å². The van der Waals surface area contributed by atoms with Crippen LogP contribution >= 0.6 is 0 Å². The highest BCUT2D eigenvalue weighted by molar-refractivity contribution is 5.77. The predicted octanol–water partition coefficient (Wildman–Crippen LogP) is 3.14. The Morgan fingerprint density at radius 3 is 2.69 bits per heavy atom. The van der Waals surface area contributed by atoms with E-state index >= 15 is 0 Å². The third-order valence-electron chi connectivity index (χ3n) is 6.48. The number of rotatable bonds is 3.